The number of hydrogen-bond acceptors (Lipinski definition) is 4. The number of benzene rings is 4. The van der Waals surface area contributed by atoms with Gasteiger partial charge in [-0.1, -0.05) is 72.8 Å². The van der Waals surface area contributed by atoms with Crippen molar-refractivity contribution in [1.82, 2.24) is 4.31 Å². The zero-order chi connectivity index (χ0) is 28.9. The first-order chi connectivity index (χ1) is 19.2. The molecule has 0 aliphatic heterocycles. The number of hydrogen-bond donors (Lipinski definition) is 0. The van der Waals surface area contributed by atoms with Crippen molar-refractivity contribution >= 4 is 34.8 Å². The van der Waals surface area contributed by atoms with Crippen LogP contribution in [0.5, 0.6) is 17.2 Å². The Kier molecular flexibility index (Phi) is 9.68. The predicted octanol–water partition coefficient (Wildman–Crippen LogP) is 5.95. The Morgan fingerprint density at radius 1 is 0.725 bits per heavy atom. The molecule has 0 unspecified atom stereocenters. The first-order valence-corrected chi connectivity index (χ1v) is 15.6. The van der Waals surface area contributed by atoms with Crippen molar-refractivity contribution in [3.05, 3.63) is 108 Å². The van der Waals surface area contributed by atoms with Crippen LogP contribution in [0, 0.1) is 0 Å². The maximum absolute atomic E-state index is 13.9. The second-order valence-electron chi connectivity index (χ2n) is 10.4. The van der Waals surface area contributed by atoms with Gasteiger partial charge in [0.1, 0.15) is 16.7 Å². The van der Waals surface area contributed by atoms with Crippen molar-refractivity contribution < 1.29 is 18.4 Å². The Labute approximate surface area is 242 Å². The zero-order valence-electron chi connectivity index (χ0n) is 24.3. The van der Waals surface area contributed by atoms with Crippen LogP contribution in [0.15, 0.2) is 97.1 Å². The summed E-state index contributed by atoms with van der Waals surface area (Å²) in [6.07, 6.45) is 0. The summed E-state index contributed by atoms with van der Waals surface area (Å²) in [5.74, 6) is 2.06. The van der Waals surface area contributed by atoms with Crippen molar-refractivity contribution in [2.45, 2.75) is 31.6 Å². The second kappa shape index (κ2) is 13.0. The Bertz CT molecular complexity index is 1380. The van der Waals surface area contributed by atoms with E-state index in [-0.39, 0.29) is 6.04 Å². The van der Waals surface area contributed by atoms with Gasteiger partial charge in [0, 0.05) is 7.05 Å². The van der Waals surface area contributed by atoms with Crippen molar-refractivity contribution in [3.8, 4) is 17.2 Å². The lowest BCUT2D eigenvalue weighted by molar-refractivity contribution is 0.353. The van der Waals surface area contributed by atoms with E-state index < -0.39 is 23.7 Å². The second-order valence-corrected chi connectivity index (χ2v) is 14.8. The summed E-state index contributed by atoms with van der Waals surface area (Å²) in [4.78, 5) is 0. The van der Waals surface area contributed by atoms with E-state index in [9.17, 15) is 4.21 Å². The van der Waals surface area contributed by atoms with E-state index >= 15 is 0 Å². The summed E-state index contributed by atoms with van der Waals surface area (Å²) in [5.41, 5.74) is 2.02. The average Bonchev–Trinajstić information content (AvgIpc) is 2.98. The van der Waals surface area contributed by atoms with Gasteiger partial charge in [-0.25, -0.2) is 8.51 Å². The quantitative estimate of drug-likeness (QED) is 0.219. The van der Waals surface area contributed by atoms with E-state index in [1.165, 1.54) is 10.6 Å². The molecule has 0 bridgehead atoms. The minimum Gasteiger partial charge on any atom is -0.497 e. The minimum atomic E-state index is -1.31. The monoisotopic (exact) mass is 575 g/mol. The largest absolute Gasteiger partial charge is 0.497 e. The number of rotatable bonds is 10. The normalized spacial score (nSPS) is 13.2. The van der Waals surface area contributed by atoms with E-state index in [4.69, 9.17) is 14.2 Å². The highest BCUT2D eigenvalue weighted by Crippen LogP contribution is 2.43. The summed E-state index contributed by atoms with van der Waals surface area (Å²) >= 11 is 0. The van der Waals surface area contributed by atoms with Gasteiger partial charge in [0.05, 0.1) is 32.1 Å². The topological polar surface area (TPSA) is 48.0 Å². The van der Waals surface area contributed by atoms with Gasteiger partial charge >= 0.3 is 0 Å². The molecule has 5 nitrogen and oxygen atoms in total. The van der Waals surface area contributed by atoms with Crippen LogP contribution in [0.3, 0.4) is 0 Å². The highest BCUT2D eigenvalue weighted by molar-refractivity contribution is 7.84. The van der Waals surface area contributed by atoms with Crippen molar-refractivity contribution in [2.75, 3.05) is 28.4 Å². The van der Waals surface area contributed by atoms with Crippen LogP contribution >= 0.6 is 7.92 Å². The first kappa shape index (κ1) is 29.8. The highest BCUT2D eigenvalue weighted by Gasteiger charge is 2.34. The summed E-state index contributed by atoms with van der Waals surface area (Å²) < 4.78 is 32.5. The smallest absolute Gasteiger partial charge is 0.161 e. The third-order valence-electron chi connectivity index (χ3n) is 6.68. The minimum absolute atomic E-state index is 0.335. The molecule has 0 N–H and O–H groups in total. The molecule has 0 radical (unpaired) electrons. The van der Waals surface area contributed by atoms with Gasteiger partial charge in [-0.2, -0.15) is 0 Å². The number of ether oxygens (including phenoxy) is 3. The van der Waals surface area contributed by atoms with E-state index in [0.29, 0.717) is 11.5 Å². The molecule has 40 heavy (non-hydrogen) atoms. The maximum atomic E-state index is 13.9. The van der Waals surface area contributed by atoms with E-state index in [2.05, 4.69) is 60.7 Å². The van der Waals surface area contributed by atoms with Crippen LogP contribution in [0.25, 0.3) is 0 Å². The van der Waals surface area contributed by atoms with Gasteiger partial charge in [-0.3, -0.25) is 0 Å². The molecule has 210 valence electrons. The Morgan fingerprint density at radius 3 is 1.68 bits per heavy atom. The average molecular weight is 576 g/mol. The van der Waals surface area contributed by atoms with Crippen LogP contribution in [0.2, 0.25) is 0 Å². The fraction of sp³-hybridized carbons (Fsp3) is 0.273. The van der Waals surface area contributed by atoms with E-state index in [0.717, 1.165) is 22.2 Å². The molecule has 7 heteroatoms. The molecule has 0 amide bonds. The molecule has 4 aromatic carbocycles. The lowest BCUT2D eigenvalue weighted by Crippen LogP contribution is -2.39. The van der Waals surface area contributed by atoms with Gasteiger partial charge in [0.15, 0.2) is 11.5 Å². The first-order valence-electron chi connectivity index (χ1n) is 13.1. The highest BCUT2D eigenvalue weighted by atomic mass is 32.2. The van der Waals surface area contributed by atoms with Gasteiger partial charge in [0.2, 0.25) is 0 Å². The van der Waals surface area contributed by atoms with Gasteiger partial charge in [-0.15, -0.1) is 0 Å². The van der Waals surface area contributed by atoms with Crippen LogP contribution in [-0.2, 0) is 11.0 Å². The molecular formula is C33H38NO4PS. The third kappa shape index (κ3) is 6.41. The Balaban J connectivity index is 2.07. The summed E-state index contributed by atoms with van der Waals surface area (Å²) in [7, 11) is 4.60. The standard InChI is InChI=1S/C33H38NO4PS/c1-33(2,3)40(35)34(4)32(24-18-20-25(36-5)21-19-24)28-22-29(37-6)30(38-7)23-31(28)39(26-14-10-8-11-15-26)27-16-12-9-13-17-27/h8-23,32H,1-7H3/t32-,40+/m0/s1. The molecule has 4 aromatic rings. The summed E-state index contributed by atoms with van der Waals surface area (Å²) in [5, 5.41) is 3.54. The lowest BCUT2D eigenvalue weighted by atomic mass is 9.98. The summed E-state index contributed by atoms with van der Waals surface area (Å²) in [6, 6.07) is 32.9. The van der Waals surface area contributed by atoms with E-state index in [1.807, 2.05) is 68.5 Å². The van der Waals surface area contributed by atoms with E-state index in [1.54, 1.807) is 21.3 Å². The van der Waals surface area contributed by atoms with Gasteiger partial charge in [0.25, 0.3) is 0 Å². The predicted molar refractivity (Wildman–Crippen MR) is 169 cm³/mol. The van der Waals surface area contributed by atoms with Crippen molar-refractivity contribution in [1.29, 1.82) is 0 Å². The van der Waals surface area contributed by atoms with Crippen molar-refractivity contribution in [2.24, 2.45) is 0 Å². The molecule has 2 atom stereocenters. The van der Waals surface area contributed by atoms with Crippen LogP contribution < -0.4 is 30.1 Å². The third-order valence-corrected chi connectivity index (χ3v) is 11.0. The van der Waals surface area contributed by atoms with Gasteiger partial charge < -0.3 is 14.2 Å². The van der Waals surface area contributed by atoms with Crippen LogP contribution in [-0.4, -0.2) is 41.6 Å². The Hall–Kier alpha value is -3.18. The van der Waals surface area contributed by atoms with Crippen molar-refractivity contribution in [3.63, 3.8) is 0 Å². The lowest BCUT2D eigenvalue weighted by Gasteiger charge is -2.35. The molecule has 0 heterocycles. The van der Waals surface area contributed by atoms with Crippen LogP contribution in [0.4, 0.5) is 0 Å². The fourth-order valence-electron chi connectivity index (χ4n) is 4.78. The molecule has 0 aliphatic rings. The van der Waals surface area contributed by atoms with Gasteiger partial charge in [-0.05, 0) is 80.0 Å². The summed E-state index contributed by atoms with van der Waals surface area (Å²) in [6.45, 7) is 6.00. The fourth-order valence-corrected chi connectivity index (χ4v) is 8.55. The molecule has 0 aliphatic carbocycles. The molecule has 0 aromatic heterocycles. The zero-order valence-corrected chi connectivity index (χ0v) is 26.0. The Morgan fingerprint density at radius 2 is 1.23 bits per heavy atom. The number of nitrogens with zero attached hydrogens (tertiary/aromatic N) is 1. The molecular weight excluding hydrogens is 537 g/mol. The number of methoxy groups -OCH3 is 3. The molecule has 4 rings (SSSR count). The molecule has 0 spiro atoms. The maximum Gasteiger partial charge on any atom is 0.161 e. The van der Waals surface area contributed by atoms with Crippen LogP contribution in [0.1, 0.15) is 37.9 Å². The molecule has 0 saturated carbocycles. The SMILES string of the molecule is COc1ccc([C@@H](c2cc(OC)c(OC)cc2P(c2ccccc2)c2ccccc2)N(C)[S@](=O)C(C)(C)C)cc1. The molecule has 0 saturated heterocycles. The molecule has 0 fully saturated rings.